The van der Waals surface area contributed by atoms with Crippen molar-refractivity contribution in [1.29, 1.82) is 0 Å². The van der Waals surface area contributed by atoms with E-state index in [-0.39, 0.29) is 0 Å². The van der Waals surface area contributed by atoms with Crippen LogP contribution < -0.4 is 0 Å². The summed E-state index contributed by atoms with van der Waals surface area (Å²) in [4.78, 5) is 5.77. The van der Waals surface area contributed by atoms with Crippen LogP contribution in [0.3, 0.4) is 0 Å². The van der Waals surface area contributed by atoms with Crippen LogP contribution in [0, 0.1) is 0 Å². The molecule has 1 aromatic carbocycles. The Morgan fingerprint density at radius 3 is 2.57 bits per heavy atom. The number of benzene rings is 1. The Labute approximate surface area is 130 Å². The fourth-order valence-electron chi connectivity index (χ4n) is 2.24. The SMILES string of the molecule is Clc1cc(-c2ccccc2)nc2cc(-c3cccs3)nn12. The number of thiophene rings is 1. The van der Waals surface area contributed by atoms with Gasteiger partial charge in [-0.1, -0.05) is 48.0 Å². The third-order valence-electron chi connectivity index (χ3n) is 3.23. The summed E-state index contributed by atoms with van der Waals surface area (Å²) >= 11 is 8.00. The van der Waals surface area contributed by atoms with Crippen LogP contribution >= 0.6 is 22.9 Å². The van der Waals surface area contributed by atoms with Crippen LogP contribution in [-0.4, -0.2) is 14.6 Å². The lowest BCUT2D eigenvalue weighted by Gasteiger charge is -2.03. The van der Waals surface area contributed by atoms with Gasteiger partial charge in [-0.25, -0.2) is 9.50 Å². The molecule has 0 aliphatic carbocycles. The third kappa shape index (κ3) is 2.22. The van der Waals surface area contributed by atoms with E-state index in [2.05, 4.69) is 10.1 Å². The number of nitrogens with zero attached hydrogens (tertiary/aromatic N) is 3. The molecular formula is C16H10ClN3S. The van der Waals surface area contributed by atoms with Crippen LogP contribution in [-0.2, 0) is 0 Å². The summed E-state index contributed by atoms with van der Waals surface area (Å²) in [6.07, 6.45) is 0. The molecule has 0 unspecified atom stereocenters. The van der Waals surface area contributed by atoms with Gasteiger partial charge in [-0.15, -0.1) is 11.3 Å². The molecule has 4 aromatic rings. The highest BCUT2D eigenvalue weighted by molar-refractivity contribution is 7.13. The average molecular weight is 312 g/mol. The molecule has 0 fully saturated rings. The molecule has 0 spiro atoms. The molecule has 0 N–H and O–H groups in total. The van der Waals surface area contributed by atoms with E-state index in [9.17, 15) is 0 Å². The number of fused-ring (bicyclic) bond motifs is 1. The third-order valence-corrected chi connectivity index (χ3v) is 4.39. The summed E-state index contributed by atoms with van der Waals surface area (Å²) in [5, 5.41) is 7.11. The van der Waals surface area contributed by atoms with Crippen molar-refractivity contribution < 1.29 is 0 Å². The van der Waals surface area contributed by atoms with Gasteiger partial charge in [0.2, 0.25) is 0 Å². The van der Waals surface area contributed by atoms with Crippen molar-refractivity contribution in [2.24, 2.45) is 0 Å². The molecule has 4 rings (SSSR count). The summed E-state index contributed by atoms with van der Waals surface area (Å²) in [7, 11) is 0. The van der Waals surface area contributed by atoms with Crippen molar-refractivity contribution in [3.8, 4) is 21.8 Å². The first kappa shape index (κ1) is 12.6. The number of rotatable bonds is 2. The van der Waals surface area contributed by atoms with Crippen molar-refractivity contribution in [3.63, 3.8) is 0 Å². The predicted octanol–water partition coefficient (Wildman–Crippen LogP) is 4.78. The fourth-order valence-corrected chi connectivity index (χ4v) is 3.15. The molecular weight excluding hydrogens is 302 g/mol. The maximum Gasteiger partial charge on any atom is 0.158 e. The second-order valence-electron chi connectivity index (χ2n) is 4.61. The van der Waals surface area contributed by atoms with Gasteiger partial charge >= 0.3 is 0 Å². The van der Waals surface area contributed by atoms with Crippen LogP contribution in [0.2, 0.25) is 5.15 Å². The minimum absolute atomic E-state index is 0.557. The van der Waals surface area contributed by atoms with E-state index in [1.165, 1.54) is 0 Å². The van der Waals surface area contributed by atoms with E-state index in [4.69, 9.17) is 11.6 Å². The zero-order chi connectivity index (χ0) is 14.2. The van der Waals surface area contributed by atoms with Crippen molar-refractivity contribution in [1.82, 2.24) is 14.6 Å². The lowest BCUT2D eigenvalue weighted by atomic mass is 10.1. The highest BCUT2D eigenvalue weighted by atomic mass is 35.5. The van der Waals surface area contributed by atoms with Gasteiger partial charge in [0.05, 0.1) is 10.6 Å². The maximum absolute atomic E-state index is 6.35. The molecule has 0 saturated heterocycles. The summed E-state index contributed by atoms with van der Waals surface area (Å²) in [5.41, 5.74) is 3.54. The zero-order valence-corrected chi connectivity index (χ0v) is 12.5. The molecule has 0 bridgehead atoms. The lowest BCUT2D eigenvalue weighted by molar-refractivity contribution is 0.947. The normalized spacial score (nSPS) is 11.1. The van der Waals surface area contributed by atoms with Crippen LogP contribution in [0.1, 0.15) is 0 Å². The van der Waals surface area contributed by atoms with Gasteiger partial charge in [0, 0.05) is 17.7 Å². The molecule has 102 valence electrons. The largest absolute Gasteiger partial charge is 0.228 e. The Morgan fingerprint density at radius 1 is 0.952 bits per heavy atom. The minimum atomic E-state index is 0.557. The zero-order valence-electron chi connectivity index (χ0n) is 10.9. The van der Waals surface area contributed by atoms with E-state index in [1.807, 2.05) is 60.0 Å². The van der Waals surface area contributed by atoms with Crippen molar-refractivity contribution >= 4 is 28.6 Å². The molecule has 21 heavy (non-hydrogen) atoms. The first-order valence-electron chi connectivity index (χ1n) is 6.47. The topological polar surface area (TPSA) is 30.2 Å². The van der Waals surface area contributed by atoms with Crippen LogP contribution in [0.15, 0.2) is 60.0 Å². The highest BCUT2D eigenvalue weighted by Gasteiger charge is 2.11. The van der Waals surface area contributed by atoms with E-state index in [0.29, 0.717) is 5.15 Å². The first-order chi connectivity index (χ1) is 10.3. The van der Waals surface area contributed by atoms with Crippen molar-refractivity contribution in [3.05, 3.63) is 65.1 Å². The van der Waals surface area contributed by atoms with Gasteiger partial charge in [-0.2, -0.15) is 5.10 Å². The lowest BCUT2D eigenvalue weighted by Crippen LogP contribution is -1.94. The fraction of sp³-hybridized carbons (Fsp3) is 0. The standard InChI is InChI=1S/C16H10ClN3S/c17-15-9-12(11-5-2-1-3-6-11)18-16-10-13(19-20(15)16)14-7-4-8-21-14/h1-10H. The second-order valence-corrected chi connectivity index (χ2v) is 5.94. The maximum atomic E-state index is 6.35. The quantitative estimate of drug-likeness (QED) is 0.499. The summed E-state index contributed by atoms with van der Waals surface area (Å²) in [5.74, 6) is 0. The van der Waals surface area contributed by atoms with Crippen molar-refractivity contribution in [2.45, 2.75) is 0 Å². The predicted molar refractivity (Wildman–Crippen MR) is 86.7 cm³/mol. The minimum Gasteiger partial charge on any atom is -0.228 e. The van der Waals surface area contributed by atoms with Crippen LogP contribution in [0.4, 0.5) is 0 Å². The Bertz CT molecular complexity index is 898. The molecule has 0 radical (unpaired) electrons. The van der Waals surface area contributed by atoms with Crippen molar-refractivity contribution in [2.75, 3.05) is 0 Å². The number of hydrogen-bond acceptors (Lipinski definition) is 3. The Hall–Kier alpha value is -2.17. The van der Waals surface area contributed by atoms with E-state index in [0.717, 1.165) is 27.5 Å². The van der Waals surface area contributed by atoms with Gasteiger partial charge in [-0.05, 0) is 11.4 Å². The Balaban J connectivity index is 1.90. The molecule has 3 heterocycles. The monoisotopic (exact) mass is 311 g/mol. The highest BCUT2D eigenvalue weighted by Crippen LogP contribution is 2.27. The molecule has 0 aliphatic rings. The van der Waals surface area contributed by atoms with Gasteiger partial charge in [0.15, 0.2) is 5.65 Å². The molecule has 0 saturated carbocycles. The molecule has 0 amide bonds. The summed E-state index contributed by atoms with van der Waals surface area (Å²) < 4.78 is 1.67. The molecule has 3 aromatic heterocycles. The summed E-state index contributed by atoms with van der Waals surface area (Å²) in [6, 6.07) is 17.9. The second kappa shape index (κ2) is 4.98. The molecule has 3 nitrogen and oxygen atoms in total. The average Bonchev–Trinajstić information content (AvgIpc) is 3.17. The van der Waals surface area contributed by atoms with Gasteiger partial charge in [-0.3, -0.25) is 0 Å². The molecule has 0 atom stereocenters. The van der Waals surface area contributed by atoms with E-state index < -0.39 is 0 Å². The van der Waals surface area contributed by atoms with Crippen LogP contribution in [0.5, 0.6) is 0 Å². The smallest absolute Gasteiger partial charge is 0.158 e. The molecule has 0 aliphatic heterocycles. The molecule has 5 heteroatoms. The number of hydrogen-bond donors (Lipinski definition) is 0. The Kier molecular flexibility index (Phi) is 2.98. The van der Waals surface area contributed by atoms with E-state index in [1.54, 1.807) is 15.9 Å². The summed E-state index contributed by atoms with van der Waals surface area (Å²) in [6.45, 7) is 0. The van der Waals surface area contributed by atoms with Gasteiger partial charge in [0.1, 0.15) is 10.8 Å². The van der Waals surface area contributed by atoms with Gasteiger partial charge < -0.3 is 0 Å². The number of halogens is 1. The number of aromatic nitrogens is 3. The van der Waals surface area contributed by atoms with E-state index >= 15 is 0 Å². The van der Waals surface area contributed by atoms with Gasteiger partial charge in [0.25, 0.3) is 0 Å². The Morgan fingerprint density at radius 2 is 1.81 bits per heavy atom. The first-order valence-corrected chi connectivity index (χ1v) is 7.73. The van der Waals surface area contributed by atoms with Crippen LogP contribution in [0.25, 0.3) is 27.5 Å².